The lowest BCUT2D eigenvalue weighted by Gasteiger charge is -2.30. The molecule has 0 bridgehead atoms. The van der Waals surface area contributed by atoms with Crippen LogP contribution in [0.5, 0.6) is 0 Å². The molecule has 6 heteroatoms. The molecule has 0 aliphatic carbocycles. The van der Waals surface area contributed by atoms with E-state index in [0.717, 1.165) is 30.6 Å². The van der Waals surface area contributed by atoms with Gasteiger partial charge in [0, 0.05) is 25.0 Å². The van der Waals surface area contributed by atoms with Crippen molar-refractivity contribution in [2.45, 2.75) is 19.4 Å². The normalized spacial score (nSPS) is 12.9. The predicted molar refractivity (Wildman–Crippen MR) is 113 cm³/mol. The van der Waals surface area contributed by atoms with Crippen LogP contribution in [0.15, 0.2) is 72.9 Å². The Morgan fingerprint density at radius 3 is 2.55 bits per heavy atom. The van der Waals surface area contributed by atoms with Crippen LogP contribution in [0.25, 0.3) is 0 Å². The van der Waals surface area contributed by atoms with Crippen LogP contribution in [0.2, 0.25) is 0 Å². The number of aromatic nitrogens is 1. The van der Waals surface area contributed by atoms with Gasteiger partial charge in [-0.1, -0.05) is 48.5 Å². The summed E-state index contributed by atoms with van der Waals surface area (Å²) in [5, 5.41) is 0. The third kappa shape index (κ3) is 4.48. The van der Waals surface area contributed by atoms with E-state index in [0.29, 0.717) is 12.2 Å². The van der Waals surface area contributed by atoms with Crippen LogP contribution in [0.4, 0.5) is 5.69 Å². The van der Waals surface area contributed by atoms with Gasteiger partial charge in [-0.05, 0) is 42.2 Å². The van der Waals surface area contributed by atoms with E-state index in [1.807, 2.05) is 65.4 Å². The van der Waals surface area contributed by atoms with Gasteiger partial charge in [0.05, 0.1) is 6.54 Å². The Morgan fingerprint density at radius 1 is 0.897 bits per heavy atom. The lowest BCUT2D eigenvalue weighted by molar-refractivity contribution is -0.120. The summed E-state index contributed by atoms with van der Waals surface area (Å²) in [6.07, 6.45) is 3.90. The van der Waals surface area contributed by atoms with Gasteiger partial charge in [0.1, 0.15) is 5.69 Å². The molecule has 0 unspecified atom stereocenters. The van der Waals surface area contributed by atoms with Crippen molar-refractivity contribution in [2.75, 3.05) is 18.0 Å². The zero-order valence-corrected chi connectivity index (χ0v) is 16.2. The van der Waals surface area contributed by atoms with Crippen LogP contribution in [-0.4, -0.2) is 29.5 Å². The number of carbonyl (C=O) groups is 2. The number of hydrogen-bond donors (Lipinski definition) is 2. The van der Waals surface area contributed by atoms with E-state index in [2.05, 4.69) is 21.8 Å². The molecule has 6 nitrogen and oxygen atoms in total. The Kier molecular flexibility index (Phi) is 5.61. The lowest BCUT2D eigenvalue weighted by Crippen LogP contribution is -2.47. The number of para-hydroxylation sites is 1. The van der Waals surface area contributed by atoms with Crippen molar-refractivity contribution < 1.29 is 9.59 Å². The fourth-order valence-corrected chi connectivity index (χ4v) is 3.72. The smallest absolute Gasteiger partial charge is 0.286 e. The first-order valence-electron chi connectivity index (χ1n) is 9.82. The van der Waals surface area contributed by atoms with Gasteiger partial charge in [-0.25, -0.2) is 0 Å². The van der Waals surface area contributed by atoms with Gasteiger partial charge in [-0.3, -0.25) is 20.4 Å². The zero-order valence-electron chi connectivity index (χ0n) is 16.2. The molecule has 1 aromatic heterocycles. The second kappa shape index (κ2) is 8.65. The lowest BCUT2D eigenvalue weighted by atomic mass is 10.0. The van der Waals surface area contributed by atoms with Gasteiger partial charge in [0.25, 0.3) is 11.8 Å². The van der Waals surface area contributed by atoms with Gasteiger partial charge < -0.3 is 9.47 Å². The van der Waals surface area contributed by atoms with E-state index < -0.39 is 0 Å². The number of nitrogens with one attached hydrogen (secondary N) is 2. The summed E-state index contributed by atoms with van der Waals surface area (Å²) in [7, 11) is 0. The number of rotatable bonds is 5. The Hall–Kier alpha value is -3.54. The standard InChI is InChI=1S/C23H24N4O2/c28-22(17-27-14-6-11-19-10-4-5-12-20(19)27)24-25-23(29)21-13-7-15-26(21)16-18-8-2-1-3-9-18/h1-5,7-10,12-13,15H,6,11,14,16-17H2,(H,24,28)(H,25,29). The fourth-order valence-electron chi connectivity index (χ4n) is 3.72. The predicted octanol–water partition coefficient (Wildman–Crippen LogP) is 2.75. The summed E-state index contributed by atoms with van der Waals surface area (Å²) in [5.41, 5.74) is 9.04. The fraction of sp³-hybridized carbons (Fsp3) is 0.217. The maximum Gasteiger partial charge on any atom is 0.286 e. The average Bonchev–Trinajstić information content (AvgIpc) is 3.21. The molecule has 0 radical (unpaired) electrons. The van der Waals surface area contributed by atoms with Gasteiger partial charge >= 0.3 is 0 Å². The summed E-state index contributed by atoms with van der Waals surface area (Å²) < 4.78 is 1.86. The van der Waals surface area contributed by atoms with Gasteiger partial charge in [-0.15, -0.1) is 0 Å². The molecule has 1 aliphatic rings. The van der Waals surface area contributed by atoms with Crippen LogP contribution >= 0.6 is 0 Å². The Balaban J connectivity index is 1.34. The number of fused-ring (bicyclic) bond motifs is 1. The van der Waals surface area contributed by atoms with E-state index in [1.165, 1.54) is 5.56 Å². The molecule has 0 saturated heterocycles. The van der Waals surface area contributed by atoms with Crippen molar-refractivity contribution in [3.8, 4) is 0 Å². The van der Waals surface area contributed by atoms with Crippen molar-refractivity contribution in [3.63, 3.8) is 0 Å². The molecule has 4 rings (SSSR count). The minimum absolute atomic E-state index is 0.211. The number of amides is 2. The summed E-state index contributed by atoms with van der Waals surface area (Å²) >= 11 is 0. The molecule has 0 spiro atoms. The topological polar surface area (TPSA) is 66.4 Å². The molecule has 2 N–H and O–H groups in total. The largest absolute Gasteiger partial charge is 0.362 e. The van der Waals surface area contributed by atoms with E-state index >= 15 is 0 Å². The Morgan fingerprint density at radius 2 is 1.69 bits per heavy atom. The molecule has 0 atom stereocenters. The van der Waals surface area contributed by atoms with E-state index in [1.54, 1.807) is 6.07 Å². The second-order valence-corrected chi connectivity index (χ2v) is 7.16. The number of benzene rings is 2. The second-order valence-electron chi connectivity index (χ2n) is 7.16. The maximum atomic E-state index is 12.6. The molecule has 0 saturated carbocycles. The van der Waals surface area contributed by atoms with Crippen LogP contribution in [0.1, 0.15) is 28.0 Å². The number of anilines is 1. The number of aryl methyl sites for hydroxylation is 1. The Labute approximate surface area is 170 Å². The van der Waals surface area contributed by atoms with Crippen LogP contribution in [-0.2, 0) is 17.8 Å². The number of carbonyl (C=O) groups excluding carboxylic acids is 2. The highest BCUT2D eigenvalue weighted by Crippen LogP contribution is 2.26. The van der Waals surface area contributed by atoms with E-state index in [-0.39, 0.29) is 18.4 Å². The highest BCUT2D eigenvalue weighted by molar-refractivity contribution is 5.94. The molecule has 1 aliphatic heterocycles. The third-order valence-corrected chi connectivity index (χ3v) is 5.11. The first kappa shape index (κ1) is 18.8. The van der Waals surface area contributed by atoms with E-state index in [9.17, 15) is 9.59 Å². The van der Waals surface area contributed by atoms with Crippen molar-refractivity contribution in [1.82, 2.24) is 15.4 Å². The number of hydrazine groups is 1. The van der Waals surface area contributed by atoms with Gasteiger partial charge in [0.2, 0.25) is 0 Å². The third-order valence-electron chi connectivity index (χ3n) is 5.11. The van der Waals surface area contributed by atoms with Crippen LogP contribution < -0.4 is 15.8 Å². The quantitative estimate of drug-likeness (QED) is 0.661. The SMILES string of the molecule is O=C(CN1CCCc2ccccc21)NNC(=O)c1cccn1Cc1ccccc1. The first-order valence-corrected chi connectivity index (χ1v) is 9.82. The summed E-state index contributed by atoms with van der Waals surface area (Å²) in [4.78, 5) is 27.0. The minimum atomic E-state index is -0.335. The summed E-state index contributed by atoms with van der Waals surface area (Å²) in [6, 6.07) is 21.6. The highest BCUT2D eigenvalue weighted by atomic mass is 16.2. The highest BCUT2D eigenvalue weighted by Gasteiger charge is 2.19. The zero-order chi connectivity index (χ0) is 20.1. The van der Waals surface area contributed by atoms with Crippen molar-refractivity contribution in [2.24, 2.45) is 0 Å². The number of nitrogens with zero attached hydrogens (tertiary/aromatic N) is 2. The molecule has 29 heavy (non-hydrogen) atoms. The van der Waals surface area contributed by atoms with Crippen molar-refractivity contribution in [1.29, 1.82) is 0 Å². The molecule has 2 aromatic carbocycles. The molecular weight excluding hydrogens is 364 g/mol. The van der Waals surface area contributed by atoms with Crippen LogP contribution in [0, 0.1) is 0 Å². The summed E-state index contributed by atoms with van der Waals surface area (Å²) in [5.74, 6) is -0.574. The monoisotopic (exact) mass is 388 g/mol. The minimum Gasteiger partial charge on any atom is -0.362 e. The molecular formula is C23H24N4O2. The Bertz CT molecular complexity index is 997. The number of hydrogen-bond acceptors (Lipinski definition) is 3. The molecule has 0 fully saturated rings. The first-order chi connectivity index (χ1) is 14.2. The summed E-state index contributed by atoms with van der Waals surface area (Å²) in [6.45, 7) is 1.63. The molecule has 2 amide bonds. The maximum absolute atomic E-state index is 12.6. The molecule has 2 heterocycles. The molecule has 148 valence electrons. The van der Waals surface area contributed by atoms with Gasteiger partial charge in [-0.2, -0.15) is 0 Å². The van der Waals surface area contributed by atoms with Gasteiger partial charge in [0.15, 0.2) is 0 Å². The van der Waals surface area contributed by atoms with E-state index in [4.69, 9.17) is 0 Å². The van der Waals surface area contributed by atoms with Crippen molar-refractivity contribution >= 4 is 17.5 Å². The molecule has 3 aromatic rings. The van der Waals surface area contributed by atoms with Crippen LogP contribution in [0.3, 0.4) is 0 Å². The average molecular weight is 388 g/mol. The van der Waals surface area contributed by atoms with Crippen molar-refractivity contribution in [3.05, 3.63) is 89.7 Å².